The van der Waals surface area contributed by atoms with Gasteiger partial charge in [-0.25, -0.2) is 0 Å². The van der Waals surface area contributed by atoms with Crippen molar-refractivity contribution < 1.29 is 9.90 Å². The summed E-state index contributed by atoms with van der Waals surface area (Å²) in [5.74, 6) is -0.477. The van der Waals surface area contributed by atoms with Crippen LogP contribution in [0.3, 0.4) is 0 Å². The molecule has 0 aliphatic carbocycles. The van der Waals surface area contributed by atoms with Crippen molar-refractivity contribution in [3.8, 4) is 0 Å². The molecule has 0 amide bonds. The van der Waals surface area contributed by atoms with Crippen LogP contribution in [0.2, 0.25) is 0 Å². The van der Waals surface area contributed by atoms with E-state index >= 15 is 0 Å². The fourth-order valence-electron chi connectivity index (χ4n) is 0.683. The Balaban J connectivity index is 3.44. The molecular weight excluding hydrogens is 162 g/mol. The van der Waals surface area contributed by atoms with Crippen molar-refractivity contribution in [3.63, 3.8) is 0 Å². The van der Waals surface area contributed by atoms with Gasteiger partial charge >= 0.3 is 5.97 Å². The highest BCUT2D eigenvalue weighted by Gasteiger charge is 2.12. The van der Waals surface area contributed by atoms with Crippen molar-refractivity contribution in [3.05, 3.63) is 0 Å². The number of hydrogen-bond acceptors (Lipinski definition) is 3. The lowest BCUT2D eigenvalue weighted by molar-refractivity contribution is -0.138. The number of aliphatic carboxylic acids is 1. The van der Waals surface area contributed by atoms with E-state index in [4.69, 9.17) is 5.11 Å². The number of thiol groups is 1. The summed E-state index contributed by atoms with van der Waals surface area (Å²) in [7, 11) is 0. The molecule has 0 aliphatic heterocycles. The second-order valence-electron chi connectivity index (χ2n) is 2.38. The number of unbranched alkanes of at least 4 members (excludes halogenated alkanes) is 1. The fraction of sp³-hybridized carbons (Fsp3) is 0.857. The van der Waals surface area contributed by atoms with Crippen LogP contribution in [0.1, 0.15) is 19.8 Å². The Morgan fingerprint density at radius 1 is 1.73 bits per heavy atom. The van der Waals surface area contributed by atoms with Crippen molar-refractivity contribution in [1.29, 1.82) is 0 Å². The number of hydrogen-bond donors (Lipinski definition) is 3. The van der Waals surface area contributed by atoms with Crippen molar-refractivity contribution >= 4 is 18.6 Å². The molecule has 0 radical (unpaired) electrons. The van der Waals surface area contributed by atoms with Crippen molar-refractivity contribution in [2.75, 3.05) is 12.3 Å². The molecule has 0 spiro atoms. The molecule has 66 valence electrons. The third-order valence-corrected chi connectivity index (χ3v) is 1.77. The number of carbonyl (C=O) groups is 1. The Bertz CT molecular complexity index is 119. The van der Waals surface area contributed by atoms with Crippen LogP contribution in [0.5, 0.6) is 0 Å². The molecule has 0 aliphatic rings. The smallest absolute Gasteiger partial charge is 0.321 e. The van der Waals surface area contributed by atoms with Crippen LogP contribution in [0.4, 0.5) is 0 Å². The standard InChI is InChI=1S/C7H15NO2S/c1-2-3-4-8-6(5-11)7(9)10/h6,8,11H,2-5H2,1H3,(H,9,10)/t6-/m0/s1. The van der Waals surface area contributed by atoms with Crippen LogP contribution in [-0.4, -0.2) is 29.4 Å². The van der Waals surface area contributed by atoms with Gasteiger partial charge in [-0.05, 0) is 13.0 Å². The van der Waals surface area contributed by atoms with Crippen molar-refractivity contribution in [2.24, 2.45) is 0 Å². The van der Waals surface area contributed by atoms with E-state index in [1.54, 1.807) is 0 Å². The Labute approximate surface area is 72.6 Å². The molecule has 0 unspecified atom stereocenters. The van der Waals surface area contributed by atoms with Gasteiger partial charge in [0, 0.05) is 5.75 Å². The molecule has 0 fully saturated rings. The highest BCUT2D eigenvalue weighted by Crippen LogP contribution is 1.90. The monoisotopic (exact) mass is 177 g/mol. The number of nitrogens with one attached hydrogen (secondary N) is 1. The first-order valence-electron chi connectivity index (χ1n) is 3.79. The van der Waals surface area contributed by atoms with Crippen LogP contribution in [0, 0.1) is 0 Å². The van der Waals surface area contributed by atoms with E-state index in [0.717, 1.165) is 19.4 Å². The van der Waals surface area contributed by atoms with Gasteiger partial charge in [-0.2, -0.15) is 12.6 Å². The molecule has 0 aromatic rings. The van der Waals surface area contributed by atoms with Crippen LogP contribution in [0.15, 0.2) is 0 Å². The lowest BCUT2D eigenvalue weighted by Gasteiger charge is -2.10. The Hall–Kier alpha value is -0.220. The number of carboxylic acid groups (broad SMARTS) is 1. The second kappa shape index (κ2) is 6.49. The summed E-state index contributed by atoms with van der Waals surface area (Å²) in [6.07, 6.45) is 2.09. The topological polar surface area (TPSA) is 49.3 Å². The summed E-state index contributed by atoms with van der Waals surface area (Å²) < 4.78 is 0. The predicted molar refractivity (Wildman–Crippen MR) is 48.2 cm³/mol. The summed E-state index contributed by atoms with van der Waals surface area (Å²) >= 11 is 3.91. The average molecular weight is 177 g/mol. The molecular formula is C7H15NO2S. The maximum Gasteiger partial charge on any atom is 0.321 e. The summed E-state index contributed by atoms with van der Waals surface area (Å²) in [5, 5.41) is 11.5. The first kappa shape index (κ1) is 10.8. The molecule has 1 atom stereocenters. The quantitative estimate of drug-likeness (QED) is 0.415. The van der Waals surface area contributed by atoms with Gasteiger partial charge < -0.3 is 10.4 Å². The second-order valence-corrected chi connectivity index (χ2v) is 2.75. The summed E-state index contributed by atoms with van der Waals surface area (Å²) in [4.78, 5) is 10.4. The third kappa shape index (κ3) is 5.09. The Morgan fingerprint density at radius 3 is 2.73 bits per heavy atom. The zero-order chi connectivity index (χ0) is 8.69. The maximum absolute atomic E-state index is 10.4. The summed E-state index contributed by atoms with van der Waals surface area (Å²) in [6, 6.07) is -0.495. The van der Waals surface area contributed by atoms with Gasteiger partial charge in [-0.1, -0.05) is 13.3 Å². The number of rotatable bonds is 6. The minimum atomic E-state index is -0.823. The fourth-order valence-corrected chi connectivity index (χ4v) is 0.968. The molecule has 3 nitrogen and oxygen atoms in total. The van der Waals surface area contributed by atoms with Gasteiger partial charge in [0.1, 0.15) is 6.04 Å². The van der Waals surface area contributed by atoms with E-state index in [1.165, 1.54) is 0 Å². The van der Waals surface area contributed by atoms with Gasteiger partial charge in [-0.3, -0.25) is 4.79 Å². The third-order valence-electron chi connectivity index (χ3n) is 1.40. The highest BCUT2D eigenvalue weighted by atomic mass is 32.1. The van der Waals surface area contributed by atoms with E-state index < -0.39 is 12.0 Å². The van der Waals surface area contributed by atoms with Gasteiger partial charge in [0.25, 0.3) is 0 Å². The average Bonchev–Trinajstić information content (AvgIpc) is 1.97. The zero-order valence-electron chi connectivity index (χ0n) is 6.71. The predicted octanol–water partition coefficient (Wildman–Crippen LogP) is 0.759. The summed E-state index contributed by atoms with van der Waals surface area (Å²) in [5.41, 5.74) is 0. The van der Waals surface area contributed by atoms with Crippen LogP contribution < -0.4 is 5.32 Å². The molecule has 0 saturated heterocycles. The normalized spacial score (nSPS) is 12.9. The van der Waals surface area contributed by atoms with E-state index in [-0.39, 0.29) is 0 Å². The molecule has 0 rings (SSSR count). The molecule has 0 aromatic heterocycles. The number of carboxylic acids is 1. The van der Waals surface area contributed by atoms with E-state index in [0.29, 0.717) is 5.75 Å². The molecule has 0 saturated carbocycles. The van der Waals surface area contributed by atoms with Crippen molar-refractivity contribution in [2.45, 2.75) is 25.8 Å². The Kier molecular flexibility index (Phi) is 6.36. The van der Waals surface area contributed by atoms with E-state index in [2.05, 4.69) is 24.9 Å². The van der Waals surface area contributed by atoms with E-state index in [1.807, 2.05) is 0 Å². The lowest BCUT2D eigenvalue weighted by atomic mass is 10.3. The largest absolute Gasteiger partial charge is 0.480 e. The summed E-state index contributed by atoms with van der Waals surface area (Å²) in [6.45, 7) is 2.83. The minimum Gasteiger partial charge on any atom is -0.480 e. The van der Waals surface area contributed by atoms with Crippen LogP contribution >= 0.6 is 12.6 Å². The van der Waals surface area contributed by atoms with E-state index in [9.17, 15) is 4.79 Å². The van der Waals surface area contributed by atoms with Gasteiger partial charge in [-0.15, -0.1) is 0 Å². The molecule has 0 aromatic carbocycles. The van der Waals surface area contributed by atoms with Gasteiger partial charge in [0.2, 0.25) is 0 Å². The molecule has 11 heavy (non-hydrogen) atoms. The minimum absolute atomic E-state index is 0.346. The molecule has 4 heteroatoms. The van der Waals surface area contributed by atoms with Crippen LogP contribution in [0.25, 0.3) is 0 Å². The highest BCUT2D eigenvalue weighted by molar-refractivity contribution is 7.80. The first-order valence-corrected chi connectivity index (χ1v) is 4.42. The van der Waals surface area contributed by atoms with Crippen LogP contribution in [-0.2, 0) is 4.79 Å². The molecule has 0 bridgehead atoms. The maximum atomic E-state index is 10.4. The van der Waals surface area contributed by atoms with Crippen molar-refractivity contribution in [1.82, 2.24) is 5.32 Å². The first-order chi connectivity index (χ1) is 5.22. The van der Waals surface area contributed by atoms with Gasteiger partial charge in [0.15, 0.2) is 0 Å². The SMILES string of the molecule is CCCCN[C@@H](CS)C(=O)O. The zero-order valence-corrected chi connectivity index (χ0v) is 7.60. The molecule has 2 N–H and O–H groups in total. The van der Waals surface area contributed by atoms with Gasteiger partial charge in [0.05, 0.1) is 0 Å². The molecule has 0 heterocycles. The Morgan fingerprint density at radius 2 is 2.36 bits per heavy atom. The lowest BCUT2D eigenvalue weighted by Crippen LogP contribution is -2.38.